The van der Waals surface area contributed by atoms with Crippen molar-refractivity contribution >= 4 is 27.2 Å². The molecule has 42 heavy (non-hydrogen) atoms. The zero-order valence-corrected chi connectivity index (χ0v) is 24.6. The molecular formula is C30H36FN7O3S. The van der Waals surface area contributed by atoms with Crippen LogP contribution in [0, 0.1) is 31.0 Å². The summed E-state index contributed by atoms with van der Waals surface area (Å²) in [5.74, 6) is 0.0744. The minimum atomic E-state index is -4.10. The van der Waals surface area contributed by atoms with E-state index in [0.29, 0.717) is 43.1 Å². The number of rotatable bonds is 7. The minimum Gasteiger partial charge on any atom is -0.372 e. The molecule has 0 radical (unpaired) electrons. The molecular weight excluding hydrogens is 557 g/mol. The van der Waals surface area contributed by atoms with Gasteiger partial charge in [-0.25, -0.2) is 22.9 Å². The predicted octanol–water partition coefficient (Wildman–Crippen LogP) is 3.25. The van der Waals surface area contributed by atoms with Crippen LogP contribution in [0.1, 0.15) is 41.5 Å². The number of primary sulfonamides is 1. The van der Waals surface area contributed by atoms with E-state index in [4.69, 9.17) is 10.1 Å². The summed E-state index contributed by atoms with van der Waals surface area (Å²) in [6, 6.07) is 15.8. The van der Waals surface area contributed by atoms with Crippen LogP contribution in [0.5, 0.6) is 0 Å². The Hall–Kier alpha value is -3.76. The SMILES string of the molecule is Cc1cc(C)c(C(O)N2CCN(c3ccc(F)cc3S(N)(=O)=O)CC2)nc1NC1CCN(c2ccccc2C#N)CC1. The first-order valence-electron chi connectivity index (χ1n) is 14.0. The highest BCUT2D eigenvalue weighted by Crippen LogP contribution is 2.30. The van der Waals surface area contributed by atoms with E-state index in [9.17, 15) is 23.2 Å². The largest absolute Gasteiger partial charge is 0.372 e. The van der Waals surface area contributed by atoms with Gasteiger partial charge in [-0.05, 0) is 68.1 Å². The number of aliphatic hydroxyl groups is 1. The molecule has 222 valence electrons. The fourth-order valence-electron chi connectivity index (χ4n) is 5.83. The zero-order valence-electron chi connectivity index (χ0n) is 23.8. The predicted molar refractivity (Wildman–Crippen MR) is 160 cm³/mol. The highest BCUT2D eigenvalue weighted by Gasteiger charge is 2.29. The number of piperidine rings is 1. The Kier molecular flexibility index (Phi) is 8.65. The van der Waals surface area contributed by atoms with Gasteiger partial charge in [0.05, 0.1) is 22.6 Å². The maximum Gasteiger partial charge on any atom is 0.240 e. The topological polar surface area (TPSA) is 139 Å². The highest BCUT2D eigenvalue weighted by molar-refractivity contribution is 7.89. The van der Waals surface area contributed by atoms with Gasteiger partial charge < -0.3 is 20.2 Å². The van der Waals surface area contributed by atoms with Crippen LogP contribution in [0.25, 0.3) is 0 Å². The van der Waals surface area contributed by atoms with Crippen molar-refractivity contribution in [3.63, 3.8) is 0 Å². The molecule has 12 heteroatoms. The molecule has 4 N–H and O–H groups in total. The number of halogens is 1. The van der Waals surface area contributed by atoms with Crippen molar-refractivity contribution in [2.75, 3.05) is 54.4 Å². The van der Waals surface area contributed by atoms with Gasteiger partial charge in [0.25, 0.3) is 0 Å². The Morgan fingerprint density at radius 3 is 2.33 bits per heavy atom. The number of hydrogen-bond donors (Lipinski definition) is 3. The number of benzene rings is 2. The Bertz CT molecular complexity index is 1590. The van der Waals surface area contributed by atoms with Crippen molar-refractivity contribution in [3.8, 4) is 6.07 Å². The average molecular weight is 594 g/mol. The van der Waals surface area contributed by atoms with Crippen molar-refractivity contribution in [1.82, 2.24) is 9.88 Å². The number of pyridine rings is 1. The maximum absolute atomic E-state index is 13.8. The van der Waals surface area contributed by atoms with E-state index in [1.54, 1.807) is 0 Å². The van der Waals surface area contributed by atoms with Gasteiger partial charge in [0.2, 0.25) is 10.0 Å². The summed E-state index contributed by atoms with van der Waals surface area (Å²) in [5, 5.41) is 29.7. The van der Waals surface area contributed by atoms with Crippen molar-refractivity contribution in [1.29, 1.82) is 5.26 Å². The second-order valence-corrected chi connectivity index (χ2v) is 12.5. The number of aliphatic hydroxyl groups excluding tert-OH is 1. The molecule has 2 fully saturated rings. The summed E-state index contributed by atoms with van der Waals surface area (Å²) in [7, 11) is -4.10. The molecule has 10 nitrogen and oxygen atoms in total. The molecule has 0 saturated carbocycles. The molecule has 0 amide bonds. The van der Waals surface area contributed by atoms with E-state index < -0.39 is 22.1 Å². The van der Waals surface area contributed by atoms with Crippen molar-refractivity contribution in [2.24, 2.45) is 5.14 Å². The van der Waals surface area contributed by atoms with E-state index in [0.717, 1.165) is 54.6 Å². The molecule has 0 spiro atoms. The molecule has 2 aliphatic rings. The molecule has 1 unspecified atom stereocenters. The van der Waals surface area contributed by atoms with Gasteiger partial charge in [-0.3, -0.25) is 4.90 Å². The fourth-order valence-corrected chi connectivity index (χ4v) is 6.60. The lowest BCUT2D eigenvalue weighted by Gasteiger charge is -2.39. The summed E-state index contributed by atoms with van der Waals surface area (Å²) in [6.07, 6.45) is 0.834. The number of nitrogens with zero attached hydrogens (tertiary/aromatic N) is 5. The van der Waals surface area contributed by atoms with Crippen LogP contribution >= 0.6 is 0 Å². The molecule has 5 rings (SSSR count). The number of sulfonamides is 1. The van der Waals surface area contributed by atoms with Crippen LogP contribution in [0.15, 0.2) is 53.4 Å². The lowest BCUT2D eigenvalue weighted by molar-refractivity contribution is -0.00522. The maximum atomic E-state index is 13.8. The smallest absolute Gasteiger partial charge is 0.240 e. The zero-order chi connectivity index (χ0) is 30.0. The van der Waals surface area contributed by atoms with Gasteiger partial charge >= 0.3 is 0 Å². The molecule has 2 aliphatic heterocycles. The second-order valence-electron chi connectivity index (χ2n) is 10.9. The number of anilines is 3. The van der Waals surface area contributed by atoms with Gasteiger partial charge in [-0.2, -0.15) is 5.26 Å². The first kappa shape index (κ1) is 29.7. The monoisotopic (exact) mass is 593 g/mol. The number of aromatic nitrogens is 1. The van der Waals surface area contributed by atoms with E-state index in [1.807, 2.05) is 54.0 Å². The molecule has 3 heterocycles. The molecule has 2 saturated heterocycles. The Balaban J connectivity index is 1.24. The number of piperazine rings is 1. The molecule has 1 aromatic heterocycles. The fraction of sp³-hybridized carbons (Fsp3) is 0.400. The molecule has 0 aliphatic carbocycles. The van der Waals surface area contributed by atoms with Crippen LogP contribution in [-0.4, -0.2) is 68.7 Å². The average Bonchev–Trinajstić information content (AvgIpc) is 2.98. The quantitative estimate of drug-likeness (QED) is 0.377. The molecule has 2 aromatic carbocycles. The van der Waals surface area contributed by atoms with Gasteiger partial charge in [0.1, 0.15) is 22.6 Å². The lowest BCUT2D eigenvalue weighted by atomic mass is 10.0. The Morgan fingerprint density at radius 2 is 1.67 bits per heavy atom. The van der Waals surface area contributed by atoms with Gasteiger partial charge in [-0.15, -0.1) is 0 Å². The second kappa shape index (κ2) is 12.2. The third kappa shape index (κ3) is 6.34. The lowest BCUT2D eigenvalue weighted by Crippen LogP contribution is -2.48. The number of nitrogens with two attached hydrogens (primary N) is 1. The summed E-state index contributed by atoms with van der Waals surface area (Å²) in [6.45, 7) is 7.32. The standard InChI is InChI=1S/C30H36FN7O3S/c1-20-17-21(2)29(34-24-9-11-36(12-10-24)25-6-4-3-5-22(25)19-32)35-28(20)30(39)38-15-13-37(14-16-38)26-8-7-23(31)18-27(26)42(33,40)41/h3-8,17-18,24,30,39H,9-16H2,1-2H3,(H,34,35)(H2,33,40,41). The molecule has 0 bridgehead atoms. The molecule has 3 aromatic rings. The van der Waals surface area contributed by atoms with Crippen LogP contribution in [0.3, 0.4) is 0 Å². The van der Waals surface area contributed by atoms with Crippen molar-refractivity contribution in [3.05, 3.63) is 76.7 Å². The third-order valence-electron chi connectivity index (χ3n) is 8.12. The van der Waals surface area contributed by atoms with Crippen molar-refractivity contribution < 1.29 is 17.9 Å². The summed E-state index contributed by atoms with van der Waals surface area (Å²) >= 11 is 0. The van der Waals surface area contributed by atoms with Gasteiger partial charge in [0, 0.05) is 45.3 Å². The van der Waals surface area contributed by atoms with E-state index in [2.05, 4.69) is 16.3 Å². The van der Waals surface area contributed by atoms with Gasteiger partial charge in [0.15, 0.2) is 6.23 Å². The normalized spacial score (nSPS) is 17.6. The van der Waals surface area contributed by atoms with Crippen LogP contribution in [-0.2, 0) is 10.0 Å². The Labute approximate surface area is 246 Å². The number of hydrogen-bond acceptors (Lipinski definition) is 9. The number of nitriles is 1. The summed E-state index contributed by atoms with van der Waals surface area (Å²) in [4.78, 5) is 10.6. The first-order chi connectivity index (χ1) is 20.0. The summed E-state index contributed by atoms with van der Waals surface area (Å²) < 4.78 is 37.9. The van der Waals surface area contributed by atoms with Gasteiger partial charge in [-0.1, -0.05) is 18.2 Å². The number of aryl methyl sites for hydroxylation is 2. The van der Waals surface area contributed by atoms with Crippen LogP contribution in [0.2, 0.25) is 0 Å². The number of nitrogens with one attached hydrogen (secondary N) is 1. The Morgan fingerprint density at radius 1 is 1.00 bits per heavy atom. The molecule has 1 atom stereocenters. The minimum absolute atomic E-state index is 0.210. The van der Waals surface area contributed by atoms with Crippen LogP contribution in [0.4, 0.5) is 21.6 Å². The summed E-state index contributed by atoms with van der Waals surface area (Å²) in [5.41, 5.74) is 4.45. The highest BCUT2D eigenvalue weighted by atomic mass is 32.2. The van der Waals surface area contributed by atoms with Crippen LogP contribution < -0.4 is 20.3 Å². The van der Waals surface area contributed by atoms with E-state index >= 15 is 0 Å². The van der Waals surface area contributed by atoms with Crippen molar-refractivity contribution in [2.45, 2.75) is 43.9 Å². The van der Waals surface area contributed by atoms with E-state index in [1.165, 1.54) is 12.1 Å². The first-order valence-corrected chi connectivity index (χ1v) is 15.6. The number of para-hydroxylation sites is 1. The third-order valence-corrected chi connectivity index (χ3v) is 9.06. The van der Waals surface area contributed by atoms with E-state index in [-0.39, 0.29) is 10.9 Å².